The molecule has 6 heteroatoms. The third-order valence-electron chi connectivity index (χ3n) is 4.18. The van der Waals surface area contributed by atoms with Gasteiger partial charge >= 0.3 is 5.97 Å². The molecule has 0 aliphatic heterocycles. The molecular weight excluding hydrogens is 372 g/mol. The second-order valence-corrected chi connectivity index (χ2v) is 7.75. The number of aliphatic hydroxyl groups is 2. The van der Waals surface area contributed by atoms with Gasteiger partial charge in [0.15, 0.2) is 12.4 Å². The second-order valence-electron chi connectivity index (χ2n) is 7.75. The first-order chi connectivity index (χ1) is 13.7. The minimum atomic E-state index is -0.580. The van der Waals surface area contributed by atoms with E-state index in [0.29, 0.717) is 35.3 Å². The van der Waals surface area contributed by atoms with Crippen LogP contribution in [0.15, 0.2) is 42.5 Å². The summed E-state index contributed by atoms with van der Waals surface area (Å²) < 4.78 is 10.6. The van der Waals surface area contributed by atoms with Crippen LogP contribution in [0.3, 0.4) is 0 Å². The number of ether oxygens (including phenoxy) is 2. The number of Topliss-reactive ketones (excluding diaryl/α,β-unsaturated/α-hetero) is 1. The Labute approximate surface area is 171 Å². The van der Waals surface area contributed by atoms with Crippen molar-refractivity contribution in [1.82, 2.24) is 0 Å². The molecule has 0 aliphatic carbocycles. The summed E-state index contributed by atoms with van der Waals surface area (Å²) in [6.45, 7) is 4.83. The monoisotopic (exact) mass is 400 g/mol. The average molecular weight is 400 g/mol. The third-order valence-corrected chi connectivity index (χ3v) is 4.18. The van der Waals surface area contributed by atoms with Crippen molar-refractivity contribution in [2.45, 2.75) is 52.4 Å². The first-order valence-electron chi connectivity index (χ1n) is 9.52. The van der Waals surface area contributed by atoms with E-state index in [4.69, 9.17) is 9.47 Å². The Morgan fingerprint density at radius 1 is 0.966 bits per heavy atom. The summed E-state index contributed by atoms with van der Waals surface area (Å²) in [6, 6.07) is 12.1. The maximum atomic E-state index is 12.5. The molecule has 156 valence electrons. The molecule has 0 bridgehead atoms. The van der Waals surface area contributed by atoms with Crippen LogP contribution in [0.4, 0.5) is 0 Å². The molecule has 0 saturated carbocycles. The van der Waals surface area contributed by atoms with E-state index in [1.165, 1.54) is 0 Å². The average Bonchev–Trinajstić information content (AvgIpc) is 2.69. The SMILES string of the molecule is CC(C)(C)OC(=O)COc1cccc(C(=O)CCc2ccc(CO)c(CO)c2)c1. The van der Waals surface area contributed by atoms with E-state index in [9.17, 15) is 19.8 Å². The molecule has 2 N–H and O–H groups in total. The number of ketones is 1. The van der Waals surface area contributed by atoms with E-state index in [1.807, 2.05) is 6.07 Å². The highest BCUT2D eigenvalue weighted by Gasteiger charge is 2.17. The first kappa shape index (κ1) is 22.6. The van der Waals surface area contributed by atoms with E-state index < -0.39 is 11.6 Å². The summed E-state index contributed by atoms with van der Waals surface area (Å²) in [5, 5.41) is 18.6. The number of carbonyl (C=O) groups excluding carboxylic acids is 2. The summed E-state index contributed by atoms with van der Waals surface area (Å²) >= 11 is 0. The van der Waals surface area contributed by atoms with Gasteiger partial charge in [-0.25, -0.2) is 4.79 Å². The topological polar surface area (TPSA) is 93.1 Å². The molecule has 29 heavy (non-hydrogen) atoms. The molecule has 0 fully saturated rings. The molecule has 0 aliphatic rings. The van der Waals surface area contributed by atoms with E-state index in [2.05, 4.69) is 0 Å². The highest BCUT2D eigenvalue weighted by molar-refractivity contribution is 5.96. The molecule has 0 atom stereocenters. The van der Waals surface area contributed by atoms with Crippen molar-refractivity contribution in [3.63, 3.8) is 0 Å². The number of aliphatic hydroxyl groups excluding tert-OH is 2. The lowest BCUT2D eigenvalue weighted by Crippen LogP contribution is -2.27. The van der Waals surface area contributed by atoms with Crippen LogP contribution in [0.1, 0.15) is 54.2 Å². The molecular formula is C23H28O6. The van der Waals surface area contributed by atoms with Crippen molar-refractivity contribution >= 4 is 11.8 Å². The Morgan fingerprint density at radius 3 is 2.34 bits per heavy atom. The van der Waals surface area contributed by atoms with Crippen molar-refractivity contribution < 1.29 is 29.3 Å². The van der Waals surface area contributed by atoms with Crippen molar-refractivity contribution in [2.75, 3.05) is 6.61 Å². The number of benzene rings is 2. The molecule has 0 saturated heterocycles. The molecule has 0 spiro atoms. The zero-order valence-electron chi connectivity index (χ0n) is 17.1. The van der Waals surface area contributed by atoms with Gasteiger partial charge in [0.05, 0.1) is 13.2 Å². The maximum absolute atomic E-state index is 12.5. The molecule has 2 rings (SSSR count). The summed E-state index contributed by atoms with van der Waals surface area (Å²) in [5.41, 5.74) is 2.18. The van der Waals surface area contributed by atoms with Crippen molar-refractivity contribution in [3.05, 3.63) is 64.7 Å². The molecule has 6 nitrogen and oxygen atoms in total. The van der Waals surface area contributed by atoms with Crippen LogP contribution in [-0.2, 0) is 29.2 Å². The van der Waals surface area contributed by atoms with Crippen molar-refractivity contribution in [3.8, 4) is 5.75 Å². The van der Waals surface area contributed by atoms with Gasteiger partial charge in [0, 0.05) is 12.0 Å². The third kappa shape index (κ3) is 7.33. The van der Waals surface area contributed by atoms with Gasteiger partial charge in [0.2, 0.25) is 0 Å². The Kier molecular flexibility index (Phi) is 7.93. The van der Waals surface area contributed by atoms with Crippen LogP contribution < -0.4 is 4.74 Å². The van der Waals surface area contributed by atoms with E-state index in [-0.39, 0.29) is 25.6 Å². The Bertz CT molecular complexity index is 851. The molecule has 0 amide bonds. The van der Waals surface area contributed by atoms with Gasteiger partial charge in [-0.2, -0.15) is 0 Å². The zero-order chi connectivity index (χ0) is 21.4. The predicted octanol–water partition coefficient (Wildman–Crippen LogP) is 3.21. The summed E-state index contributed by atoms with van der Waals surface area (Å²) in [5.74, 6) is -0.0960. The van der Waals surface area contributed by atoms with Gasteiger partial charge in [-0.15, -0.1) is 0 Å². The summed E-state index contributed by atoms with van der Waals surface area (Å²) in [4.78, 5) is 24.3. The van der Waals surface area contributed by atoms with Crippen LogP contribution in [0.5, 0.6) is 5.75 Å². The minimum absolute atomic E-state index is 0.0514. The smallest absolute Gasteiger partial charge is 0.344 e. The predicted molar refractivity (Wildman–Crippen MR) is 109 cm³/mol. The molecule has 0 radical (unpaired) electrons. The second kappa shape index (κ2) is 10.2. The summed E-state index contributed by atoms with van der Waals surface area (Å²) in [6.07, 6.45) is 0.805. The maximum Gasteiger partial charge on any atom is 0.344 e. The summed E-state index contributed by atoms with van der Waals surface area (Å²) in [7, 11) is 0. The molecule has 0 unspecified atom stereocenters. The lowest BCUT2D eigenvalue weighted by atomic mass is 9.99. The van der Waals surface area contributed by atoms with Crippen LogP contribution in [0, 0.1) is 0 Å². The highest BCUT2D eigenvalue weighted by atomic mass is 16.6. The lowest BCUT2D eigenvalue weighted by Gasteiger charge is -2.19. The zero-order valence-corrected chi connectivity index (χ0v) is 17.1. The fourth-order valence-electron chi connectivity index (χ4n) is 2.81. The van der Waals surface area contributed by atoms with E-state index in [1.54, 1.807) is 57.2 Å². The van der Waals surface area contributed by atoms with E-state index >= 15 is 0 Å². The van der Waals surface area contributed by atoms with Crippen LogP contribution in [0.2, 0.25) is 0 Å². The Hall–Kier alpha value is -2.70. The van der Waals surface area contributed by atoms with Crippen LogP contribution in [0.25, 0.3) is 0 Å². The van der Waals surface area contributed by atoms with Gasteiger partial charge < -0.3 is 19.7 Å². The van der Waals surface area contributed by atoms with Crippen molar-refractivity contribution in [2.24, 2.45) is 0 Å². The largest absolute Gasteiger partial charge is 0.482 e. The number of hydrogen-bond acceptors (Lipinski definition) is 6. The highest BCUT2D eigenvalue weighted by Crippen LogP contribution is 2.18. The number of hydrogen-bond donors (Lipinski definition) is 2. The minimum Gasteiger partial charge on any atom is -0.482 e. The normalized spacial score (nSPS) is 11.2. The molecule has 2 aromatic rings. The number of rotatable bonds is 9. The van der Waals surface area contributed by atoms with Gasteiger partial charge in [-0.05, 0) is 56.0 Å². The number of esters is 1. The molecule has 0 heterocycles. The lowest BCUT2D eigenvalue weighted by molar-refractivity contribution is -0.157. The van der Waals surface area contributed by atoms with Gasteiger partial charge in [-0.3, -0.25) is 4.79 Å². The number of aryl methyl sites for hydroxylation is 1. The fourth-order valence-corrected chi connectivity index (χ4v) is 2.81. The standard InChI is InChI=1S/C23H28O6/c1-23(2,3)29-22(27)15-28-20-6-4-5-17(12-20)21(26)10-8-16-7-9-18(13-24)19(11-16)14-25/h4-7,9,11-12,24-25H,8,10,13-15H2,1-3H3. The van der Waals surface area contributed by atoms with Gasteiger partial charge in [0.1, 0.15) is 11.4 Å². The quantitative estimate of drug-likeness (QED) is 0.496. The molecule has 2 aromatic carbocycles. The van der Waals surface area contributed by atoms with Gasteiger partial charge in [-0.1, -0.05) is 30.3 Å². The number of carbonyl (C=O) groups is 2. The Morgan fingerprint density at radius 2 is 1.69 bits per heavy atom. The molecule has 0 aromatic heterocycles. The first-order valence-corrected chi connectivity index (χ1v) is 9.52. The van der Waals surface area contributed by atoms with E-state index in [0.717, 1.165) is 5.56 Å². The van der Waals surface area contributed by atoms with Crippen LogP contribution >= 0.6 is 0 Å². The van der Waals surface area contributed by atoms with Crippen LogP contribution in [-0.4, -0.2) is 34.2 Å². The van der Waals surface area contributed by atoms with Gasteiger partial charge in [0.25, 0.3) is 0 Å². The Balaban J connectivity index is 1.94. The fraction of sp³-hybridized carbons (Fsp3) is 0.391. The van der Waals surface area contributed by atoms with Crippen molar-refractivity contribution in [1.29, 1.82) is 0 Å².